The van der Waals surface area contributed by atoms with Gasteiger partial charge in [0.05, 0.1) is 5.25 Å². The van der Waals surface area contributed by atoms with Crippen molar-refractivity contribution in [3.63, 3.8) is 0 Å². The quantitative estimate of drug-likeness (QED) is 0.673. The van der Waals surface area contributed by atoms with Gasteiger partial charge in [-0.15, -0.1) is 0 Å². The van der Waals surface area contributed by atoms with E-state index in [1.54, 1.807) is 0 Å². The first-order valence-electron chi connectivity index (χ1n) is 11.2. The molecule has 6 nitrogen and oxygen atoms in total. The fourth-order valence-electron chi connectivity index (χ4n) is 5.31. The lowest BCUT2D eigenvalue weighted by molar-refractivity contribution is 0.105. The van der Waals surface area contributed by atoms with Gasteiger partial charge < -0.3 is 5.32 Å². The Morgan fingerprint density at radius 2 is 1.47 bits per heavy atom. The number of benzene rings is 1. The van der Waals surface area contributed by atoms with E-state index >= 15 is 0 Å². The van der Waals surface area contributed by atoms with Gasteiger partial charge in [-0.05, 0) is 62.5 Å². The summed E-state index contributed by atoms with van der Waals surface area (Å²) in [6.45, 7) is 12.6. The molecule has 2 atom stereocenters. The van der Waals surface area contributed by atoms with Crippen molar-refractivity contribution in [1.29, 1.82) is 0 Å². The van der Waals surface area contributed by atoms with E-state index in [4.69, 9.17) is 0 Å². The molecule has 0 spiro atoms. The van der Waals surface area contributed by atoms with Crippen molar-refractivity contribution in [2.24, 2.45) is 0 Å². The fourth-order valence-corrected chi connectivity index (χ4v) is 6.73. The van der Waals surface area contributed by atoms with Gasteiger partial charge in [0, 0.05) is 23.8 Å². The first-order chi connectivity index (χ1) is 14.0. The van der Waals surface area contributed by atoms with Crippen molar-refractivity contribution >= 4 is 21.7 Å². The minimum absolute atomic E-state index is 0.214. The van der Waals surface area contributed by atoms with Crippen LogP contribution in [0.5, 0.6) is 0 Å². The Bertz CT molecular complexity index is 839. The molecule has 1 aromatic rings. The van der Waals surface area contributed by atoms with Crippen molar-refractivity contribution in [3.8, 4) is 0 Å². The highest BCUT2D eigenvalue weighted by molar-refractivity contribution is 7.90. The molecule has 2 heterocycles. The molecular weight excluding hydrogens is 398 g/mol. The van der Waals surface area contributed by atoms with Gasteiger partial charge >= 0.3 is 6.03 Å². The monoisotopic (exact) mass is 435 g/mol. The summed E-state index contributed by atoms with van der Waals surface area (Å²) in [6, 6.07) is 6.31. The number of nitrogens with zero attached hydrogens (tertiary/aromatic N) is 1. The molecule has 2 saturated heterocycles. The van der Waals surface area contributed by atoms with E-state index in [1.165, 1.54) is 0 Å². The van der Waals surface area contributed by atoms with Crippen LogP contribution < -0.4 is 10.0 Å². The molecule has 2 bridgehead atoms. The van der Waals surface area contributed by atoms with Gasteiger partial charge in [0.1, 0.15) is 0 Å². The Kier molecular flexibility index (Phi) is 6.82. The number of piperidine rings is 1. The van der Waals surface area contributed by atoms with Crippen molar-refractivity contribution < 1.29 is 13.2 Å². The summed E-state index contributed by atoms with van der Waals surface area (Å²) < 4.78 is 28.4. The number of rotatable bonds is 6. The van der Waals surface area contributed by atoms with Crippen LogP contribution in [0.1, 0.15) is 90.2 Å². The first-order valence-corrected chi connectivity index (χ1v) is 12.8. The van der Waals surface area contributed by atoms with E-state index < -0.39 is 21.3 Å². The average molecular weight is 436 g/mol. The number of nitrogens with one attached hydrogen (secondary N) is 2. The second-order valence-electron chi connectivity index (χ2n) is 9.74. The number of carbonyl (C=O) groups is 1. The van der Waals surface area contributed by atoms with Gasteiger partial charge in [0.15, 0.2) is 0 Å². The number of fused-ring (bicyclic) bond motifs is 2. The molecule has 2 fully saturated rings. The zero-order chi connectivity index (χ0) is 22.2. The smallest absolute Gasteiger partial charge is 0.307 e. The SMILES string of the molecule is CC(C)c1cccc(C(C)C)c1NC(=O)NS(=O)(=O)C1CC2CCC(C1)N2C(C)C. The lowest BCUT2D eigenvalue weighted by Gasteiger charge is -2.41. The molecule has 168 valence electrons. The topological polar surface area (TPSA) is 78.5 Å². The summed E-state index contributed by atoms with van der Waals surface area (Å²) in [4.78, 5) is 15.2. The molecule has 2 aliphatic rings. The Morgan fingerprint density at radius 1 is 0.967 bits per heavy atom. The summed E-state index contributed by atoms with van der Waals surface area (Å²) >= 11 is 0. The van der Waals surface area contributed by atoms with Crippen molar-refractivity contribution in [3.05, 3.63) is 29.3 Å². The predicted octanol–water partition coefficient (Wildman–Crippen LogP) is 4.79. The van der Waals surface area contributed by atoms with Crippen LogP contribution in [0.15, 0.2) is 18.2 Å². The second-order valence-corrected chi connectivity index (χ2v) is 11.7. The minimum Gasteiger partial charge on any atom is -0.307 e. The maximum Gasteiger partial charge on any atom is 0.332 e. The number of hydrogen-bond acceptors (Lipinski definition) is 4. The number of para-hydroxylation sites is 1. The number of sulfonamides is 1. The predicted molar refractivity (Wildman–Crippen MR) is 123 cm³/mol. The van der Waals surface area contributed by atoms with Crippen molar-refractivity contribution in [2.75, 3.05) is 5.32 Å². The van der Waals surface area contributed by atoms with E-state index in [0.717, 1.165) is 29.7 Å². The highest BCUT2D eigenvalue weighted by Gasteiger charge is 2.46. The van der Waals surface area contributed by atoms with E-state index in [9.17, 15) is 13.2 Å². The lowest BCUT2D eigenvalue weighted by atomic mass is 9.93. The second kappa shape index (κ2) is 8.87. The molecule has 3 rings (SSSR count). The Morgan fingerprint density at radius 3 is 1.90 bits per heavy atom. The van der Waals surface area contributed by atoms with Crippen LogP contribution in [0.4, 0.5) is 10.5 Å². The van der Waals surface area contributed by atoms with Crippen LogP contribution in [0.25, 0.3) is 0 Å². The molecule has 0 aliphatic carbocycles. The normalized spacial score (nSPS) is 24.6. The number of amides is 2. The third-order valence-corrected chi connectivity index (χ3v) is 8.36. The molecule has 30 heavy (non-hydrogen) atoms. The molecule has 2 unspecified atom stereocenters. The molecular formula is C23H37N3O3S. The molecule has 2 N–H and O–H groups in total. The van der Waals surface area contributed by atoms with E-state index in [-0.39, 0.29) is 11.8 Å². The van der Waals surface area contributed by atoms with E-state index in [0.29, 0.717) is 31.0 Å². The highest BCUT2D eigenvalue weighted by Crippen LogP contribution is 2.39. The summed E-state index contributed by atoms with van der Waals surface area (Å²) in [5, 5.41) is 2.35. The summed E-state index contributed by atoms with van der Waals surface area (Å²) in [7, 11) is -3.73. The maximum absolute atomic E-state index is 13.0. The van der Waals surface area contributed by atoms with E-state index in [1.807, 2.05) is 18.2 Å². The van der Waals surface area contributed by atoms with Gasteiger partial charge in [0.2, 0.25) is 10.0 Å². The summed E-state index contributed by atoms with van der Waals surface area (Å²) in [6.07, 6.45) is 3.27. The molecule has 0 radical (unpaired) electrons. The standard InChI is InChI=1S/C23H37N3O3S/c1-14(2)20-8-7-9-21(15(3)4)22(20)24-23(27)25-30(28,29)19-12-17-10-11-18(13-19)26(17)16(5)6/h7-9,14-19H,10-13H2,1-6H3,(H2,24,25,27). The van der Waals surface area contributed by atoms with Crippen LogP contribution >= 0.6 is 0 Å². The molecule has 1 aromatic carbocycles. The van der Waals surface area contributed by atoms with Crippen molar-refractivity contribution in [1.82, 2.24) is 9.62 Å². The van der Waals surface area contributed by atoms with Crippen LogP contribution in [-0.2, 0) is 10.0 Å². The first kappa shape index (κ1) is 23.1. The van der Waals surface area contributed by atoms with Gasteiger partial charge in [-0.2, -0.15) is 0 Å². The third-order valence-electron chi connectivity index (χ3n) is 6.63. The Balaban J connectivity index is 1.74. The van der Waals surface area contributed by atoms with Gasteiger partial charge in [-0.1, -0.05) is 45.9 Å². The zero-order valence-electron chi connectivity index (χ0n) is 19.1. The number of carbonyl (C=O) groups excluding carboxylic acids is 1. The van der Waals surface area contributed by atoms with Crippen LogP contribution in [0.2, 0.25) is 0 Å². The van der Waals surface area contributed by atoms with Crippen LogP contribution in [0.3, 0.4) is 0 Å². The maximum atomic E-state index is 13.0. The highest BCUT2D eigenvalue weighted by atomic mass is 32.2. The largest absolute Gasteiger partial charge is 0.332 e. The molecule has 0 aromatic heterocycles. The van der Waals surface area contributed by atoms with Gasteiger partial charge in [-0.3, -0.25) is 4.90 Å². The average Bonchev–Trinajstić information content (AvgIpc) is 2.91. The van der Waals surface area contributed by atoms with Crippen LogP contribution in [0, 0.1) is 0 Å². The Hall–Kier alpha value is -1.60. The number of hydrogen-bond donors (Lipinski definition) is 2. The van der Waals surface area contributed by atoms with E-state index in [2.05, 4.69) is 56.5 Å². The molecule has 2 aliphatic heterocycles. The minimum atomic E-state index is -3.73. The van der Waals surface area contributed by atoms with Gasteiger partial charge in [0.25, 0.3) is 0 Å². The third kappa shape index (κ3) is 4.67. The lowest BCUT2D eigenvalue weighted by Crippen LogP contribution is -2.52. The number of anilines is 1. The summed E-state index contributed by atoms with van der Waals surface area (Å²) in [5.74, 6) is 0.429. The van der Waals surface area contributed by atoms with Crippen LogP contribution in [-0.4, -0.2) is 42.7 Å². The zero-order valence-corrected chi connectivity index (χ0v) is 19.9. The van der Waals surface area contributed by atoms with Gasteiger partial charge in [-0.25, -0.2) is 17.9 Å². The molecule has 7 heteroatoms. The molecule has 0 saturated carbocycles. The van der Waals surface area contributed by atoms with Crippen molar-refractivity contribution in [2.45, 2.75) is 102 Å². The molecule has 2 amide bonds. The number of urea groups is 1. The Labute approximate surface area is 181 Å². The fraction of sp³-hybridized carbons (Fsp3) is 0.696. The summed E-state index contributed by atoms with van der Waals surface area (Å²) in [5.41, 5.74) is 2.75.